The molecule has 2 aromatic carbocycles. The summed E-state index contributed by atoms with van der Waals surface area (Å²) >= 11 is 0. The van der Waals surface area contributed by atoms with Crippen LogP contribution in [0.3, 0.4) is 0 Å². The number of amides is 1. The number of nitrogens with one attached hydrogen (secondary N) is 1. The Morgan fingerprint density at radius 1 is 1.07 bits per heavy atom. The van der Waals surface area contributed by atoms with Crippen molar-refractivity contribution in [2.24, 2.45) is 11.8 Å². The van der Waals surface area contributed by atoms with E-state index in [0.717, 1.165) is 5.56 Å². The van der Waals surface area contributed by atoms with Gasteiger partial charge in [0.25, 0.3) is 5.91 Å². The Bertz CT molecular complexity index is 1320. The van der Waals surface area contributed by atoms with Gasteiger partial charge in [0.05, 0.1) is 5.92 Å². The van der Waals surface area contributed by atoms with Gasteiger partial charge in [0.15, 0.2) is 5.60 Å². The van der Waals surface area contributed by atoms with Gasteiger partial charge in [0.2, 0.25) is 0 Å². The van der Waals surface area contributed by atoms with E-state index in [9.17, 15) is 27.9 Å². The van der Waals surface area contributed by atoms with E-state index in [1.807, 2.05) is 11.0 Å². The molecule has 1 amide bonds. The van der Waals surface area contributed by atoms with Crippen LogP contribution < -0.4 is 14.8 Å². The molecule has 2 N–H and O–H groups in total. The van der Waals surface area contributed by atoms with Gasteiger partial charge in [-0.05, 0) is 94.0 Å². The number of aryl methyl sites for hydroxylation is 1. The molecule has 0 bridgehead atoms. The van der Waals surface area contributed by atoms with Crippen molar-refractivity contribution in [3.05, 3.63) is 64.9 Å². The van der Waals surface area contributed by atoms with E-state index in [1.165, 1.54) is 13.8 Å². The standard InChI is InChI=1S/C30H35F3N2O5/c1-17-13-22(10-12-25(17)40-29(3,4)28(37)38)39-21-8-6-7-19(14-21)16-34-27(36)26-18(2)23-15-20(30(31,32)33)9-11-24(23)35(26)5/h6-8,10,12-14,20,23-24H,9,11,15-16H2,1-5H3,(H,34,36)(H,37,38)/t20-,23?,24?/m1/s1. The van der Waals surface area contributed by atoms with Crippen molar-refractivity contribution in [2.45, 2.75) is 71.3 Å². The number of carboxylic acid groups (broad SMARTS) is 1. The lowest BCUT2D eigenvalue weighted by atomic mass is 9.76. The molecule has 1 saturated carbocycles. The SMILES string of the molecule is CC1=C(C(=O)NCc2cccc(Oc3ccc(OC(C)(C)C(=O)O)c(C)c3)c2)N(C)C2CC[C@@H](C(F)(F)F)CC12. The molecule has 1 aliphatic carbocycles. The molecule has 1 heterocycles. The molecule has 0 saturated heterocycles. The lowest BCUT2D eigenvalue weighted by Crippen LogP contribution is -2.41. The number of carbonyl (C=O) groups is 2. The zero-order valence-electron chi connectivity index (χ0n) is 23.3. The van der Waals surface area contributed by atoms with Crippen LogP contribution in [-0.4, -0.2) is 46.7 Å². The zero-order chi connectivity index (χ0) is 29.4. The first-order valence-corrected chi connectivity index (χ1v) is 13.3. The van der Waals surface area contributed by atoms with Gasteiger partial charge in [-0.2, -0.15) is 13.2 Å². The fraction of sp³-hybridized carbons (Fsp3) is 0.467. The van der Waals surface area contributed by atoms with E-state index in [0.29, 0.717) is 40.5 Å². The number of benzene rings is 2. The largest absolute Gasteiger partial charge is 0.478 e. The molecule has 4 rings (SSSR count). The van der Waals surface area contributed by atoms with Gasteiger partial charge in [-0.1, -0.05) is 12.1 Å². The third-order valence-corrected chi connectivity index (χ3v) is 7.89. The molecule has 2 aliphatic rings. The van der Waals surface area contributed by atoms with Crippen molar-refractivity contribution < 1.29 is 37.3 Å². The van der Waals surface area contributed by atoms with Crippen LogP contribution in [0.5, 0.6) is 17.2 Å². The summed E-state index contributed by atoms with van der Waals surface area (Å²) in [6, 6.07) is 12.2. The molecular weight excluding hydrogens is 525 g/mol. The molecule has 1 fully saturated rings. The average Bonchev–Trinajstić information content (AvgIpc) is 3.13. The number of alkyl halides is 3. The molecule has 2 aromatic rings. The van der Waals surface area contributed by atoms with Gasteiger partial charge < -0.3 is 24.8 Å². The molecule has 1 aliphatic heterocycles. The number of carbonyl (C=O) groups excluding carboxylic acids is 1. The lowest BCUT2D eigenvalue weighted by Gasteiger charge is -2.37. The Labute approximate surface area is 232 Å². The van der Waals surface area contributed by atoms with Gasteiger partial charge in [-0.25, -0.2) is 4.79 Å². The highest BCUT2D eigenvalue weighted by Crippen LogP contribution is 2.48. The van der Waals surface area contributed by atoms with E-state index in [2.05, 4.69) is 5.32 Å². The van der Waals surface area contributed by atoms with Crippen molar-refractivity contribution in [2.75, 3.05) is 7.05 Å². The summed E-state index contributed by atoms with van der Waals surface area (Å²) in [4.78, 5) is 26.3. The smallest absolute Gasteiger partial charge is 0.391 e. The molecular formula is C30H35F3N2O5. The summed E-state index contributed by atoms with van der Waals surface area (Å²) in [5.74, 6) is -1.47. The Morgan fingerprint density at radius 3 is 2.42 bits per heavy atom. The Kier molecular flexibility index (Phi) is 8.10. The minimum absolute atomic E-state index is 0.0183. The van der Waals surface area contributed by atoms with Gasteiger partial charge >= 0.3 is 12.1 Å². The lowest BCUT2D eigenvalue weighted by molar-refractivity contribution is -0.186. The third-order valence-electron chi connectivity index (χ3n) is 7.89. The number of nitrogens with zero attached hydrogens (tertiary/aromatic N) is 1. The van der Waals surface area contributed by atoms with Crippen molar-refractivity contribution in [1.29, 1.82) is 0 Å². The summed E-state index contributed by atoms with van der Waals surface area (Å²) in [7, 11) is 1.78. The first kappa shape index (κ1) is 29.3. The Hall–Kier alpha value is -3.69. The van der Waals surface area contributed by atoms with Crippen LogP contribution in [0.2, 0.25) is 0 Å². The molecule has 216 valence electrons. The molecule has 7 nitrogen and oxygen atoms in total. The zero-order valence-corrected chi connectivity index (χ0v) is 23.3. The molecule has 0 aromatic heterocycles. The monoisotopic (exact) mass is 560 g/mol. The van der Waals surface area contributed by atoms with Crippen LogP contribution in [0.25, 0.3) is 0 Å². The van der Waals surface area contributed by atoms with E-state index in [4.69, 9.17) is 9.47 Å². The van der Waals surface area contributed by atoms with E-state index >= 15 is 0 Å². The predicted molar refractivity (Wildman–Crippen MR) is 143 cm³/mol. The fourth-order valence-corrected chi connectivity index (χ4v) is 5.58. The van der Waals surface area contributed by atoms with Gasteiger partial charge in [-0.3, -0.25) is 4.79 Å². The quantitative estimate of drug-likeness (QED) is 0.399. The molecule has 10 heteroatoms. The van der Waals surface area contributed by atoms with Crippen molar-refractivity contribution in [3.63, 3.8) is 0 Å². The van der Waals surface area contributed by atoms with Gasteiger partial charge in [-0.15, -0.1) is 0 Å². The van der Waals surface area contributed by atoms with E-state index in [1.54, 1.807) is 57.3 Å². The normalized spacial score (nSPS) is 21.2. The minimum Gasteiger partial charge on any atom is -0.478 e. The van der Waals surface area contributed by atoms with Crippen LogP contribution in [0.1, 0.15) is 51.2 Å². The fourth-order valence-electron chi connectivity index (χ4n) is 5.58. The number of halogens is 3. The molecule has 3 atom stereocenters. The number of aliphatic carboxylic acids is 1. The van der Waals surface area contributed by atoms with Crippen LogP contribution in [0.15, 0.2) is 53.7 Å². The predicted octanol–water partition coefficient (Wildman–Crippen LogP) is 6.21. The van der Waals surface area contributed by atoms with Crippen molar-refractivity contribution >= 4 is 11.9 Å². The van der Waals surface area contributed by atoms with Crippen LogP contribution in [0.4, 0.5) is 13.2 Å². The highest BCUT2D eigenvalue weighted by atomic mass is 19.4. The first-order chi connectivity index (χ1) is 18.7. The second-order valence-corrected chi connectivity index (χ2v) is 11.1. The molecule has 2 unspecified atom stereocenters. The highest BCUT2D eigenvalue weighted by molar-refractivity contribution is 5.94. The summed E-state index contributed by atoms with van der Waals surface area (Å²) in [6.45, 7) is 6.73. The number of ether oxygens (including phenoxy) is 2. The Morgan fingerprint density at radius 2 is 1.77 bits per heavy atom. The summed E-state index contributed by atoms with van der Waals surface area (Å²) in [6.07, 6.45) is -3.71. The maximum Gasteiger partial charge on any atom is 0.391 e. The summed E-state index contributed by atoms with van der Waals surface area (Å²) in [5, 5.41) is 12.2. The second kappa shape index (κ2) is 11.1. The Balaban J connectivity index is 1.39. The molecule has 0 radical (unpaired) electrons. The van der Waals surface area contributed by atoms with Crippen LogP contribution >= 0.6 is 0 Å². The number of likely N-dealkylation sites (N-methyl/N-ethyl adjacent to an activating group) is 1. The van der Waals surface area contributed by atoms with Crippen molar-refractivity contribution in [3.8, 4) is 17.2 Å². The second-order valence-electron chi connectivity index (χ2n) is 11.1. The van der Waals surface area contributed by atoms with Crippen LogP contribution in [0, 0.1) is 18.8 Å². The first-order valence-electron chi connectivity index (χ1n) is 13.3. The number of hydrogen-bond acceptors (Lipinski definition) is 5. The van der Waals surface area contributed by atoms with Crippen LogP contribution in [-0.2, 0) is 16.1 Å². The molecule has 0 spiro atoms. The minimum atomic E-state index is -4.21. The number of rotatable bonds is 8. The summed E-state index contributed by atoms with van der Waals surface area (Å²) in [5.41, 5.74) is 1.29. The number of fused-ring (bicyclic) bond motifs is 1. The number of hydrogen-bond donors (Lipinski definition) is 2. The van der Waals surface area contributed by atoms with E-state index < -0.39 is 23.7 Å². The topological polar surface area (TPSA) is 88.1 Å². The maximum absolute atomic E-state index is 13.3. The average molecular weight is 561 g/mol. The highest BCUT2D eigenvalue weighted by Gasteiger charge is 2.49. The third kappa shape index (κ3) is 6.21. The molecule has 40 heavy (non-hydrogen) atoms. The van der Waals surface area contributed by atoms with E-state index in [-0.39, 0.29) is 37.3 Å². The van der Waals surface area contributed by atoms with Gasteiger partial charge in [0, 0.05) is 25.6 Å². The maximum atomic E-state index is 13.3. The van der Waals surface area contributed by atoms with Crippen molar-refractivity contribution in [1.82, 2.24) is 10.2 Å². The summed E-state index contributed by atoms with van der Waals surface area (Å²) < 4.78 is 51.6. The number of carboxylic acids is 1. The van der Waals surface area contributed by atoms with Gasteiger partial charge in [0.1, 0.15) is 22.9 Å².